The lowest BCUT2D eigenvalue weighted by Crippen LogP contribution is -2.35. The van der Waals surface area contributed by atoms with Gasteiger partial charge in [-0.15, -0.1) is 0 Å². The molecule has 0 amide bonds. The number of ether oxygens (including phenoxy) is 1. The summed E-state index contributed by atoms with van der Waals surface area (Å²) in [4.78, 5) is 26.4. The molecule has 0 aliphatic carbocycles. The van der Waals surface area contributed by atoms with Gasteiger partial charge in [0.05, 0.1) is 19.3 Å². The van der Waals surface area contributed by atoms with Crippen molar-refractivity contribution in [3.63, 3.8) is 0 Å². The molecule has 2 aliphatic rings. The summed E-state index contributed by atoms with van der Waals surface area (Å²) in [5, 5.41) is 0. The first-order valence-electron chi connectivity index (χ1n) is 10.8. The first-order valence-corrected chi connectivity index (χ1v) is 11.7. The minimum absolute atomic E-state index is 0.181. The maximum Gasteiger partial charge on any atom is 0.330 e. The van der Waals surface area contributed by atoms with Crippen LogP contribution in [-0.2, 0) is 18.0 Å². The number of aryl methyl sites for hydroxylation is 1. The van der Waals surface area contributed by atoms with Crippen molar-refractivity contribution in [1.29, 1.82) is 2.67 Å². The summed E-state index contributed by atoms with van der Waals surface area (Å²) in [6, 6.07) is 0.269. The quantitative estimate of drug-likeness (QED) is 0.260. The summed E-state index contributed by atoms with van der Waals surface area (Å²) in [6.07, 6.45) is 1.39. The van der Waals surface area contributed by atoms with Gasteiger partial charge < -0.3 is 18.0 Å². The molecule has 2 fully saturated rings. The van der Waals surface area contributed by atoms with Crippen molar-refractivity contribution in [2.75, 3.05) is 25.4 Å². The highest BCUT2D eigenvalue weighted by Crippen LogP contribution is 2.50. The molecule has 29 heavy (non-hydrogen) atoms. The van der Waals surface area contributed by atoms with Crippen LogP contribution in [0.5, 0.6) is 0 Å². The molecule has 2 saturated heterocycles. The molecule has 9 nitrogen and oxygen atoms in total. The Hall–Kier alpha value is -0.675. The van der Waals surface area contributed by atoms with Crippen molar-refractivity contribution in [3.8, 4) is 0 Å². The zero-order valence-corrected chi connectivity index (χ0v) is 18.6. The van der Waals surface area contributed by atoms with E-state index < -0.39 is 39.9 Å². The molecule has 1 N–H and O–H groups in total. The Labute approximate surface area is 179 Å². The molecular weight excluding hydrogens is 416 g/mol. The average Bonchev–Trinajstić information content (AvgIpc) is 3.10. The van der Waals surface area contributed by atoms with Crippen LogP contribution >= 0.6 is 20.6 Å². The minimum atomic E-state index is -1.26. The van der Waals surface area contributed by atoms with Gasteiger partial charge in [0.2, 0.25) is 0 Å². The summed E-state index contributed by atoms with van der Waals surface area (Å²) < 4.78 is 42.0. The van der Waals surface area contributed by atoms with E-state index in [1.165, 1.54) is 10.8 Å². The van der Waals surface area contributed by atoms with Gasteiger partial charge in [0.15, 0.2) is 0 Å². The van der Waals surface area contributed by atoms with Crippen molar-refractivity contribution < 1.29 is 18.0 Å². The van der Waals surface area contributed by atoms with Crippen molar-refractivity contribution in [1.82, 2.24) is 14.2 Å². The maximum atomic E-state index is 12.3. The number of nitrogens with one attached hydrogen (secondary N) is 1. The Morgan fingerprint density at radius 1 is 1.59 bits per heavy atom. The fourth-order valence-corrected chi connectivity index (χ4v) is 5.35. The van der Waals surface area contributed by atoms with Crippen molar-refractivity contribution in [2.45, 2.75) is 58.1 Å². The van der Waals surface area contributed by atoms with Crippen LogP contribution < -0.4 is 11.2 Å². The van der Waals surface area contributed by atoms with E-state index in [0.29, 0.717) is 18.6 Å². The Morgan fingerprint density at radius 2 is 2.41 bits per heavy atom. The molecule has 162 valence electrons. The van der Waals surface area contributed by atoms with Crippen LogP contribution in [0.25, 0.3) is 0 Å². The molecule has 0 spiro atoms. The largest absolute Gasteiger partial charge is 0.349 e. The van der Waals surface area contributed by atoms with Crippen molar-refractivity contribution >= 4 is 28.3 Å². The van der Waals surface area contributed by atoms with Gasteiger partial charge in [-0.1, -0.05) is 0 Å². The lowest BCUT2D eigenvalue weighted by Gasteiger charge is -2.37. The standard InChI is InChI=1S/C17H29BN3O6PS/c1-11(2)21-5-4-6-24-28(21)27-13-7-15(26-14(13)9-25-29-10-18)20-8-12(3)16(22)19-17(20)23/h8,11,13-15H,4-7,9-10,18H2,1-3H3,(H,19,22,23)/i18TD. The Bertz CT molecular complexity index is 847. The predicted octanol–water partition coefficient (Wildman–Crippen LogP) is 1.13. The molecule has 1 aromatic heterocycles. The monoisotopic (exact) mass is 448 g/mol. The van der Waals surface area contributed by atoms with Crippen LogP contribution in [0.4, 0.5) is 0 Å². The first-order chi connectivity index (χ1) is 14.8. The van der Waals surface area contributed by atoms with E-state index >= 15 is 0 Å². The Balaban J connectivity index is 1.74. The summed E-state index contributed by atoms with van der Waals surface area (Å²) in [5.74, 6) is 0. The SMILES string of the molecule is [2H]B([3H])CSOCC1OC(n2cc(C)c(=O)[nH]c2=O)CC1OP1OCCCN1C(C)C. The molecular formula is C17H29BN3O6PS. The van der Waals surface area contributed by atoms with Gasteiger partial charge in [-0.05, 0) is 47.6 Å². The van der Waals surface area contributed by atoms with Crippen LogP contribution in [0.3, 0.4) is 0 Å². The summed E-state index contributed by atoms with van der Waals surface area (Å²) in [5.41, 5.74) is -0.323. The minimum Gasteiger partial charge on any atom is -0.349 e. The third-order valence-electron chi connectivity index (χ3n) is 4.78. The van der Waals surface area contributed by atoms with Crippen LogP contribution in [0, 0.1) is 6.92 Å². The Morgan fingerprint density at radius 3 is 3.17 bits per heavy atom. The van der Waals surface area contributed by atoms with E-state index in [0.717, 1.165) is 25.0 Å². The molecule has 0 radical (unpaired) electrons. The molecule has 12 heteroatoms. The highest BCUT2D eigenvalue weighted by atomic mass is 32.2. The van der Waals surface area contributed by atoms with Crippen LogP contribution in [-0.4, -0.2) is 68.3 Å². The van der Waals surface area contributed by atoms with Gasteiger partial charge in [-0.2, -0.15) is 0 Å². The molecule has 4 atom stereocenters. The molecule has 1 aromatic rings. The number of hydrogen-bond donors (Lipinski definition) is 1. The molecule has 3 rings (SSSR count). The third-order valence-corrected chi connectivity index (χ3v) is 7.16. The second-order valence-corrected chi connectivity index (χ2v) is 9.50. The van der Waals surface area contributed by atoms with Gasteiger partial charge in [0.1, 0.15) is 20.1 Å². The van der Waals surface area contributed by atoms with E-state index in [1.807, 2.05) is 0 Å². The molecule has 2 aliphatic heterocycles. The number of aromatic nitrogens is 2. The third kappa shape index (κ3) is 5.73. The van der Waals surface area contributed by atoms with E-state index in [4.69, 9.17) is 20.6 Å². The van der Waals surface area contributed by atoms with Crippen LogP contribution in [0.15, 0.2) is 15.8 Å². The second kappa shape index (κ2) is 10.6. The average molecular weight is 448 g/mol. The number of nitrogens with zero attached hydrogens (tertiary/aromatic N) is 2. The molecule has 0 aromatic carbocycles. The lowest BCUT2D eigenvalue weighted by atomic mass is 10.2. The smallest absolute Gasteiger partial charge is 0.330 e. The lowest BCUT2D eigenvalue weighted by molar-refractivity contribution is -0.0365. The van der Waals surface area contributed by atoms with Gasteiger partial charge >= 0.3 is 5.69 Å². The zero-order valence-electron chi connectivity index (χ0n) is 18.9. The molecule has 4 unspecified atom stereocenters. The van der Waals surface area contributed by atoms with Crippen molar-refractivity contribution in [3.05, 3.63) is 32.6 Å². The topological polar surface area (TPSA) is 95.0 Å². The summed E-state index contributed by atoms with van der Waals surface area (Å²) >= 11 is 1.04. The van der Waals surface area contributed by atoms with Gasteiger partial charge in [-0.3, -0.25) is 14.3 Å². The first kappa shape index (κ1) is 20.2. The highest BCUT2D eigenvalue weighted by molar-refractivity contribution is 7.95. The van der Waals surface area contributed by atoms with Crippen molar-refractivity contribution in [2.24, 2.45) is 0 Å². The number of rotatable bonds is 9. The molecule has 3 heterocycles. The fourth-order valence-electron chi connectivity index (χ4n) is 3.27. The van der Waals surface area contributed by atoms with E-state index in [9.17, 15) is 9.59 Å². The number of H-pyrrole nitrogens is 1. The number of hydrogen-bond acceptors (Lipinski definition) is 8. The van der Waals surface area contributed by atoms with E-state index in [2.05, 4.69) is 23.5 Å². The maximum absolute atomic E-state index is 12.3. The normalized spacial score (nSPS) is 29.1. The zero-order chi connectivity index (χ0) is 22.5. The van der Waals surface area contributed by atoms with Gasteiger partial charge in [0.25, 0.3) is 14.1 Å². The Kier molecular flexibility index (Phi) is 7.38. The number of aromatic amines is 1. The van der Waals surface area contributed by atoms with Gasteiger partial charge in [0, 0.05) is 30.8 Å². The molecule has 0 saturated carbocycles. The highest BCUT2D eigenvalue weighted by Gasteiger charge is 2.41. The van der Waals surface area contributed by atoms with E-state index in [1.54, 1.807) is 6.92 Å². The van der Waals surface area contributed by atoms with E-state index in [-0.39, 0.29) is 24.4 Å². The van der Waals surface area contributed by atoms with Gasteiger partial charge in [-0.25, -0.2) is 9.46 Å². The fraction of sp³-hybridized carbons (Fsp3) is 0.765. The summed E-state index contributed by atoms with van der Waals surface area (Å²) in [7, 11) is -2.24. The summed E-state index contributed by atoms with van der Waals surface area (Å²) in [6.45, 7) is 7.53. The van der Waals surface area contributed by atoms with Crippen LogP contribution in [0.1, 0.15) is 38.5 Å². The predicted molar refractivity (Wildman–Crippen MR) is 116 cm³/mol. The molecule has 0 bridgehead atoms. The van der Waals surface area contributed by atoms with Crippen LogP contribution in [0.2, 0.25) is 0 Å². The second-order valence-electron chi connectivity index (χ2n) is 7.24.